The first-order valence-corrected chi connectivity index (χ1v) is 7.97. The molecular formula is C17H23NO4. The molecule has 5 heteroatoms. The molecule has 2 N–H and O–H groups in total. The van der Waals surface area contributed by atoms with Crippen molar-refractivity contribution >= 4 is 11.9 Å². The third kappa shape index (κ3) is 2.58. The van der Waals surface area contributed by atoms with E-state index in [1.807, 2.05) is 0 Å². The summed E-state index contributed by atoms with van der Waals surface area (Å²) >= 11 is 0. The van der Waals surface area contributed by atoms with Gasteiger partial charge < -0.3 is 15.2 Å². The van der Waals surface area contributed by atoms with Gasteiger partial charge in [0.15, 0.2) is 0 Å². The van der Waals surface area contributed by atoms with E-state index in [9.17, 15) is 9.59 Å². The highest BCUT2D eigenvalue weighted by Crippen LogP contribution is 2.52. The van der Waals surface area contributed by atoms with E-state index in [1.165, 1.54) is 11.1 Å². The summed E-state index contributed by atoms with van der Waals surface area (Å²) < 4.78 is 5.72. The number of nitrogens with one attached hydrogen (secondary N) is 1. The van der Waals surface area contributed by atoms with E-state index in [1.54, 1.807) is 0 Å². The molecule has 5 nitrogen and oxygen atoms in total. The molecule has 1 heterocycles. The Balaban J connectivity index is 1.77. The molecule has 1 saturated heterocycles. The van der Waals surface area contributed by atoms with Crippen molar-refractivity contribution in [1.29, 1.82) is 0 Å². The highest BCUT2D eigenvalue weighted by Gasteiger charge is 2.53. The monoisotopic (exact) mass is 305 g/mol. The summed E-state index contributed by atoms with van der Waals surface area (Å²) in [6.45, 7) is 8.65. The number of carbonyl (C=O) groups excluding carboxylic acids is 1. The predicted octanol–water partition coefficient (Wildman–Crippen LogP) is 1.75. The van der Waals surface area contributed by atoms with Crippen LogP contribution in [0, 0.1) is 23.7 Å². The number of carboxylic acid groups (broad SMARTS) is 1. The van der Waals surface area contributed by atoms with Crippen molar-refractivity contribution in [1.82, 2.24) is 5.32 Å². The summed E-state index contributed by atoms with van der Waals surface area (Å²) in [5, 5.41) is 11.6. The molecule has 120 valence electrons. The summed E-state index contributed by atoms with van der Waals surface area (Å²) in [4.78, 5) is 22.9. The van der Waals surface area contributed by atoms with Gasteiger partial charge in [-0.2, -0.15) is 0 Å². The second-order valence-electron chi connectivity index (χ2n) is 6.72. The van der Waals surface area contributed by atoms with Crippen molar-refractivity contribution in [3.63, 3.8) is 0 Å². The molecule has 3 fully saturated rings. The van der Waals surface area contributed by atoms with E-state index in [2.05, 4.69) is 18.5 Å². The number of hydrogen-bond donors (Lipinski definition) is 2. The van der Waals surface area contributed by atoms with Gasteiger partial charge in [0, 0.05) is 18.4 Å². The largest absolute Gasteiger partial charge is 0.480 e. The summed E-state index contributed by atoms with van der Waals surface area (Å²) in [5.74, 6) is -0.644. The van der Waals surface area contributed by atoms with Gasteiger partial charge in [0.2, 0.25) is 0 Å². The molecule has 0 radical (unpaired) electrons. The average Bonchev–Trinajstić information content (AvgIpc) is 2.93. The van der Waals surface area contributed by atoms with Crippen molar-refractivity contribution in [3.05, 3.63) is 24.3 Å². The first-order chi connectivity index (χ1) is 10.5. The molecule has 5 atom stereocenters. The van der Waals surface area contributed by atoms with Crippen LogP contribution in [-0.4, -0.2) is 36.2 Å². The van der Waals surface area contributed by atoms with Crippen LogP contribution in [0.1, 0.15) is 25.7 Å². The Bertz CT molecular complexity index is 527. The minimum absolute atomic E-state index is 0.108. The normalized spacial score (nSPS) is 37.5. The summed E-state index contributed by atoms with van der Waals surface area (Å²) in [6.07, 6.45) is 3.74. The minimum Gasteiger partial charge on any atom is -0.480 e. The Morgan fingerprint density at radius 2 is 2.00 bits per heavy atom. The molecule has 1 aliphatic heterocycles. The first kappa shape index (κ1) is 15.3. The van der Waals surface area contributed by atoms with Crippen LogP contribution in [0.3, 0.4) is 0 Å². The highest BCUT2D eigenvalue weighted by atomic mass is 16.6. The van der Waals surface area contributed by atoms with Gasteiger partial charge in [-0.15, -0.1) is 0 Å². The molecule has 0 amide bonds. The van der Waals surface area contributed by atoms with Crippen LogP contribution in [0.5, 0.6) is 0 Å². The standard InChI is InChI=1S/C17H23NO4/c1-9-3-6-12-13(7-18-8-14(19)20)17(21)22-16(12)15-10(2)4-5-11(9)15/h11-13,15-16,18H,1-8H2,(H,19,20)/t11-,12-,13-,15-,16-/m0/s1. The molecule has 0 aromatic rings. The lowest BCUT2D eigenvalue weighted by atomic mass is 9.79. The van der Waals surface area contributed by atoms with E-state index in [4.69, 9.17) is 9.84 Å². The fourth-order valence-corrected chi connectivity index (χ4v) is 4.42. The maximum atomic E-state index is 12.2. The lowest BCUT2D eigenvalue weighted by Gasteiger charge is -2.27. The number of fused-ring (bicyclic) bond motifs is 3. The van der Waals surface area contributed by atoms with Crippen LogP contribution in [0.15, 0.2) is 24.3 Å². The van der Waals surface area contributed by atoms with Gasteiger partial charge in [-0.1, -0.05) is 24.3 Å². The van der Waals surface area contributed by atoms with E-state index in [-0.39, 0.29) is 36.4 Å². The van der Waals surface area contributed by atoms with Crippen LogP contribution < -0.4 is 5.32 Å². The number of ether oxygens (including phenoxy) is 1. The number of carboxylic acids is 1. The maximum absolute atomic E-state index is 12.2. The maximum Gasteiger partial charge on any atom is 0.317 e. The Kier molecular flexibility index (Phi) is 4.08. The van der Waals surface area contributed by atoms with Crippen molar-refractivity contribution in [2.45, 2.75) is 31.8 Å². The first-order valence-electron chi connectivity index (χ1n) is 7.97. The topological polar surface area (TPSA) is 75.6 Å². The van der Waals surface area contributed by atoms with Gasteiger partial charge >= 0.3 is 11.9 Å². The zero-order chi connectivity index (χ0) is 15.9. The van der Waals surface area contributed by atoms with E-state index >= 15 is 0 Å². The molecule has 2 aliphatic carbocycles. The van der Waals surface area contributed by atoms with E-state index in [0.29, 0.717) is 12.5 Å². The molecule has 22 heavy (non-hydrogen) atoms. The fourth-order valence-electron chi connectivity index (χ4n) is 4.42. The van der Waals surface area contributed by atoms with Crippen molar-refractivity contribution in [2.75, 3.05) is 13.1 Å². The second-order valence-corrected chi connectivity index (χ2v) is 6.72. The molecule has 0 aromatic heterocycles. The Morgan fingerprint density at radius 3 is 2.73 bits per heavy atom. The van der Waals surface area contributed by atoms with Gasteiger partial charge in [0.05, 0.1) is 12.5 Å². The van der Waals surface area contributed by atoms with Crippen LogP contribution in [-0.2, 0) is 14.3 Å². The fraction of sp³-hybridized carbons (Fsp3) is 0.647. The number of aliphatic carboxylic acids is 1. The third-order valence-electron chi connectivity index (χ3n) is 5.49. The van der Waals surface area contributed by atoms with Crippen LogP contribution in [0.4, 0.5) is 0 Å². The van der Waals surface area contributed by atoms with Gasteiger partial charge in [-0.05, 0) is 31.6 Å². The number of carbonyl (C=O) groups is 2. The van der Waals surface area contributed by atoms with Crippen LogP contribution in [0.2, 0.25) is 0 Å². The number of hydrogen-bond acceptors (Lipinski definition) is 4. The molecule has 2 saturated carbocycles. The average molecular weight is 305 g/mol. The van der Waals surface area contributed by atoms with Crippen molar-refractivity contribution in [2.24, 2.45) is 23.7 Å². The smallest absolute Gasteiger partial charge is 0.317 e. The summed E-state index contributed by atoms with van der Waals surface area (Å²) in [6, 6.07) is 0. The van der Waals surface area contributed by atoms with Gasteiger partial charge in [-0.3, -0.25) is 9.59 Å². The molecule has 0 unspecified atom stereocenters. The van der Waals surface area contributed by atoms with Crippen molar-refractivity contribution < 1.29 is 19.4 Å². The van der Waals surface area contributed by atoms with E-state index < -0.39 is 5.97 Å². The molecule has 0 spiro atoms. The highest BCUT2D eigenvalue weighted by molar-refractivity contribution is 5.76. The second kappa shape index (κ2) is 5.88. The minimum atomic E-state index is -0.915. The molecule has 3 aliphatic rings. The number of allylic oxidation sites excluding steroid dienone is 1. The quantitative estimate of drug-likeness (QED) is 0.611. The SMILES string of the molecule is C=C1CC[C@H]2C(=C)CC[C@@H]3[C@H](OC(=O)[C@H]3CNCC(=O)O)[C@@H]12. The Morgan fingerprint density at radius 1 is 1.27 bits per heavy atom. The van der Waals surface area contributed by atoms with Gasteiger partial charge in [0.1, 0.15) is 6.10 Å². The number of esters is 1. The third-order valence-corrected chi connectivity index (χ3v) is 5.49. The summed E-state index contributed by atoms with van der Waals surface area (Å²) in [5.41, 5.74) is 2.43. The Labute approximate surface area is 130 Å². The van der Waals surface area contributed by atoms with Gasteiger partial charge in [-0.25, -0.2) is 0 Å². The Hall–Kier alpha value is -1.62. The molecule has 0 bridgehead atoms. The molecular weight excluding hydrogens is 282 g/mol. The van der Waals surface area contributed by atoms with Crippen molar-refractivity contribution in [3.8, 4) is 0 Å². The van der Waals surface area contributed by atoms with Crippen LogP contribution in [0.25, 0.3) is 0 Å². The van der Waals surface area contributed by atoms with Gasteiger partial charge in [0.25, 0.3) is 0 Å². The van der Waals surface area contributed by atoms with E-state index in [0.717, 1.165) is 25.7 Å². The predicted molar refractivity (Wildman–Crippen MR) is 81.1 cm³/mol. The zero-order valence-corrected chi connectivity index (χ0v) is 12.7. The van der Waals surface area contributed by atoms with Crippen LogP contribution >= 0.6 is 0 Å². The number of rotatable bonds is 4. The summed E-state index contributed by atoms with van der Waals surface area (Å²) in [7, 11) is 0. The molecule has 3 rings (SSSR count). The lowest BCUT2D eigenvalue weighted by molar-refractivity contribution is -0.146. The molecule has 0 aromatic carbocycles. The zero-order valence-electron chi connectivity index (χ0n) is 12.7. The lowest BCUT2D eigenvalue weighted by Crippen LogP contribution is -2.35.